The third-order valence-corrected chi connectivity index (χ3v) is 3.74. The molecule has 4 nitrogen and oxygen atoms in total. The molecule has 5 heteroatoms. The van der Waals surface area contributed by atoms with Crippen LogP contribution in [0.15, 0.2) is 35.7 Å². The lowest BCUT2D eigenvalue weighted by atomic mass is 10.1. The van der Waals surface area contributed by atoms with E-state index in [4.69, 9.17) is 0 Å². The first-order valence-corrected chi connectivity index (χ1v) is 7.10. The molecule has 90 valence electrons. The standard InChI is InChI=1S/C12H14N2O2S/c1-9-5-4-6-11(10(9)2)14-8-7-13-12(14)17(3,15)16/h4-8H,1-3H3. The van der Waals surface area contributed by atoms with Crippen LogP contribution in [0, 0.1) is 13.8 Å². The topological polar surface area (TPSA) is 52.0 Å². The SMILES string of the molecule is Cc1cccc(-n2ccnc2S(C)(=O)=O)c1C. The van der Waals surface area contributed by atoms with Crippen molar-refractivity contribution in [2.24, 2.45) is 0 Å². The molecule has 0 aliphatic carbocycles. The highest BCUT2D eigenvalue weighted by atomic mass is 32.2. The quantitative estimate of drug-likeness (QED) is 0.818. The maximum absolute atomic E-state index is 11.6. The Hall–Kier alpha value is -1.62. The zero-order valence-corrected chi connectivity index (χ0v) is 10.8. The van der Waals surface area contributed by atoms with E-state index >= 15 is 0 Å². The number of nitrogens with zero attached hydrogens (tertiary/aromatic N) is 2. The Morgan fingerprint density at radius 3 is 2.59 bits per heavy atom. The van der Waals surface area contributed by atoms with Gasteiger partial charge in [-0.05, 0) is 31.0 Å². The number of aromatic nitrogens is 2. The largest absolute Gasteiger partial charge is 0.290 e. The van der Waals surface area contributed by atoms with E-state index in [0.717, 1.165) is 23.1 Å². The molecule has 0 aliphatic rings. The van der Waals surface area contributed by atoms with Crippen LogP contribution in [0.5, 0.6) is 0 Å². The molecule has 0 bridgehead atoms. The number of aryl methyl sites for hydroxylation is 1. The van der Waals surface area contributed by atoms with Crippen LogP contribution >= 0.6 is 0 Å². The van der Waals surface area contributed by atoms with Crippen LogP contribution in [-0.4, -0.2) is 24.2 Å². The highest BCUT2D eigenvalue weighted by molar-refractivity contribution is 7.90. The predicted molar refractivity (Wildman–Crippen MR) is 66.1 cm³/mol. The van der Waals surface area contributed by atoms with Gasteiger partial charge >= 0.3 is 0 Å². The summed E-state index contributed by atoms with van der Waals surface area (Å²) in [5.74, 6) is 0. The van der Waals surface area contributed by atoms with Crippen molar-refractivity contribution >= 4 is 9.84 Å². The van der Waals surface area contributed by atoms with E-state index in [1.807, 2.05) is 32.0 Å². The molecule has 0 spiro atoms. The third kappa shape index (κ3) is 2.10. The third-order valence-electron chi connectivity index (χ3n) is 2.77. The minimum absolute atomic E-state index is 0.0752. The lowest BCUT2D eigenvalue weighted by Gasteiger charge is -2.11. The van der Waals surface area contributed by atoms with Crippen molar-refractivity contribution in [3.8, 4) is 5.69 Å². The Balaban J connectivity index is 2.71. The first-order valence-electron chi connectivity index (χ1n) is 5.21. The predicted octanol–water partition coefficient (Wildman–Crippen LogP) is 1.89. The molecule has 1 aromatic heterocycles. The van der Waals surface area contributed by atoms with Crippen LogP contribution in [0.1, 0.15) is 11.1 Å². The van der Waals surface area contributed by atoms with Gasteiger partial charge in [-0.25, -0.2) is 13.4 Å². The zero-order chi connectivity index (χ0) is 12.6. The van der Waals surface area contributed by atoms with Crippen molar-refractivity contribution in [1.29, 1.82) is 0 Å². The summed E-state index contributed by atoms with van der Waals surface area (Å²) in [4.78, 5) is 3.91. The molecule has 0 atom stereocenters. The summed E-state index contributed by atoms with van der Waals surface area (Å²) in [5.41, 5.74) is 3.02. The molecule has 0 fully saturated rings. The molecule has 0 aliphatic heterocycles. The number of sulfone groups is 1. The van der Waals surface area contributed by atoms with Gasteiger partial charge in [-0.15, -0.1) is 0 Å². The molecule has 0 radical (unpaired) electrons. The first-order chi connectivity index (χ1) is 7.91. The number of benzene rings is 1. The average molecular weight is 250 g/mol. The second-order valence-corrected chi connectivity index (χ2v) is 5.98. The summed E-state index contributed by atoms with van der Waals surface area (Å²) in [5, 5.41) is 0.0752. The Bertz CT molecular complexity index is 657. The fourth-order valence-electron chi connectivity index (χ4n) is 1.74. The van der Waals surface area contributed by atoms with E-state index in [9.17, 15) is 8.42 Å². The lowest BCUT2D eigenvalue weighted by molar-refractivity contribution is 0.590. The van der Waals surface area contributed by atoms with Gasteiger partial charge in [0.2, 0.25) is 15.0 Å². The van der Waals surface area contributed by atoms with Crippen molar-refractivity contribution in [2.45, 2.75) is 19.0 Å². The summed E-state index contributed by atoms with van der Waals surface area (Å²) < 4.78 is 24.8. The fraction of sp³-hybridized carbons (Fsp3) is 0.250. The summed E-state index contributed by atoms with van der Waals surface area (Å²) >= 11 is 0. The molecular formula is C12H14N2O2S. The average Bonchev–Trinajstić information content (AvgIpc) is 2.70. The van der Waals surface area contributed by atoms with Gasteiger partial charge in [0.15, 0.2) is 0 Å². The van der Waals surface area contributed by atoms with Crippen molar-refractivity contribution in [3.63, 3.8) is 0 Å². The summed E-state index contributed by atoms with van der Waals surface area (Å²) in [6.45, 7) is 3.96. The van der Waals surface area contributed by atoms with E-state index in [-0.39, 0.29) is 5.16 Å². The molecule has 0 saturated heterocycles. The minimum atomic E-state index is -3.32. The molecule has 0 N–H and O–H groups in total. The van der Waals surface area contributed by atoms with Gasteiger partial charge in [-0.3, -0.25) is 4.57 Å². The van der Waals surface area contributed by atoms with Crippen LogP contribution in [-0.2, 0) is 9.84 Å². The van der Waals surface area contributed by atoms with Gasteiger partial charge in [-0.2, -0.15) is 0 Å². The van der Waals surface area contributed by atoms with Crippen molar-refractivity contribution in [3.05, 3.63) is 41.7 Å². The van der Waals surface area contributed by atoms with Crippen molar-refractivity contribution in [2.75, 3.05) is 6.26 Å². The van der Waals surface area contributed by atoms with Crippen molar-refractivity contribution in [1.82, 2.24) is 9.55 Å². The lowest BCUT2D eigenvalue weighted by Crippen LogP contribution is -2.08. The molecule has 1 heterocycles. The Kier molecular flexibility index (Phi) is 2.79. The molecule has 2 aromatic rings. The summed E-state index contributed by atoms with van der Waals surface area (Å²) in [6.07, 6.45) is 4.33. The monoisotopic (exact) mass is 250 g/mol. The van der Waals surface area contributed by atoms with Crippen LogP contribution in [0.4, 0.5) is 0 Å². The Morgan fingerprint density at radius 1 is 1.24 bits per heavy atom. The van der Waals surface area contributed by atoms with E-state index in [1.165, 1.54) is 6.20 Å². The van der Waals surface area contributed by atoms with Crippen LogP contribution < -0.4 is 0 Å². The van der Waals surface area contributed by atoms with Gasteiger partial charge in [0.25, 0.3) is 0 Å². The van der Waals surface area contributed by atoms with Gasteiger partial charge in [0, 0.05) is 18.6 Å². The fourth-order valence-corrected chi connectivity index (χ4v) is 2.51. The normalized spacial score (nSPS) is 11.7. The Labute approximate surface area is 101 Å². The van der Waals surface area contributed by atoms with Gasteiger partial charge in [0.1, 0.15) is 0 Å². The molecule has 0 unspecified atom stereocenters. The van der Waals surface area contributed by atoms with Crippen LogP contribution in [0.25, 0.3) is 5.69 Å². The number of rotatable bonds is 2. The van der Waals surface area contributed by atoms with Crippen molar-refractivity contribution < 1.29 is 8.42 Å². The number of hydrogen-bond acceptors (Lipinski definition) is 3. The van der Waals surface area contributed by atoms with Gasteiger partial charge in [-0.1, -0.05) is 12.1 Å². The van der Waals surface area contributed by atoms with Gasteiger partial charge in [0.05, 0.1) is 5.69 Å². The molecule has 2 rings (SSSR count). The summed E-state index contributed by atoms with van der Waals surface area (Å²) in [7, 11) is -3.32. The van der Waals surface area contributed by atoms with E-state index in [1.54, 1.807) is 10.8 Å². The second-order valence-electron chi connectivity index (χ2n) is 4.07. The zero-order valence-electron chi connectivity index (χ0n) is 10.0. The summed E-state index contributed by atoms with van der Waals surface area (Å²) in [6, 6.07) is 5.79. The van der Waals surface area contributed by atoms with Crippen LogP contribution in [0.3, 0.4) is 0 Å². The molecule has 1 aromatic carbocycles. The highest BCUT2D eigenvalue weighted by Gasteiger charge is 2.16. The van der Waals surface area contributed by atoms with E-state index in [0.29, 0.717) is 0 Å². The maximum Gasteiger partial charge on any atom is 0.231 e. The molecular weight excluding hydrogens is 236 g/mol. The number of imidazole rings is 1. The Morgan fingerprint density at radius 2 is 1.94 bits per heavy atom. The molecule has 0 saturated carbocycles. The molecule has 17 heavy (non-hydrogen) atoms. The van der Waals surface area contributed by atoms with Gasteiger partial charge < -0.3 is 0 Å². The second kappa shape index (κ2) is 4.00. The van der Waals surface area contributed by atoms with Crippen LogP contribution in [0.2, 0.25) is 0 Å². The van der Waals surface area contributed by atoms with E-state index in [2.05, 4.69) is 4.98 Å². The minimum Gasteiger partial charge on any atom is -0.290 e. The highest BCUT2D eigenvalue weighted by Crippen LogP contribution is 2.20. The molecule has 0 amide bonds. The number of hydrogen-bond donors (Lipinski definition) is 0. The van der Waals surface area contributed by atoms with E-state index < -0.39 is 9.84 Å². The smallest absolute Gasteiger partial charge is 0.231 e. The maximum atomic E-state index is 11.6. The first kappa shape index (κ1) is 11.9.